The Balaban J connectivity index is 0.000000791. The third-order valence-corrected chi connectivity index (χ3v) is 1.63. The van der Waals surface area contributed by atoms with Gasteiger partial charge in [0.2, 0.25) is 0 Å². The molecule has 0 aromatic carbocycles. The maximum atomic E-state index is 12.0. The fourth-order valence-corrected chi connectivity index (χ4v) is 0.975. The van der Waals surface area contributed by atoms with Crippen molar-refractivity contribution in [1.29, 1.82) is 0 Å². The van der Waals surface area contributed by atoms with E-state index < -0.39 is 11.9 Å². The van der Waals surface area contributed by atoms with Crippen LogP contribution in [-0.2, 0) is 19.6 Å². The molecule has 82 valence electrons. The quantitative estimate of drug-likeness (QED) is 0.693. The summed E-state index contributed by atoms with van der Waals surface area (Å²) >= 11 is 0. The van der Waals surface area contributed by atoms with Crippen molar-refractivity contribution >= 4 is 0 Å². The van der Waals surface area contributed by atoms with Crippen molar-refractivity contribution in [3.05, 3.63) is 17.5 Å². The van der Waals surface area contributed by atoms with Crippen LogP contribution >= 0.6 is 0 Å². The molecular formula is C9H15F3N2. The summed E-state index contributed by atoms with van der Waals surface area (Å²) in [6, 6.07) is 1.07. The predicted molar refractivity (Wildman–Crippen MR) is 48.9 cm³/mol. The van der Waals surface area contributed by atoms with Crippen molar-refractivity contribution in [1.82, 2.24) is 9.78 Å². The molecule has 0 fully saturated rings. The van der Waals surface area contributed by atoms with Crippen molar-refractivity contribution in [2.75, 3.05) is 0 Å². The summed E-state index contributed by atoms with van der Waals surface area (Å²) in [6.07, 6.45) is -3.77. The number of rotatable bonds is 1. The fraction of sp³-hybridized carbons (Fsp3) is 0.667. The maximum Gasteiger partial charge on any atom is 0.435 e. The molecule has 0 spiro atoms. The smallest absolute Gasteiger partial charge is 0.272 e. The Morgan fingerprint density at radius 1 is 1.36 bits per heavy atom. The van der Waals surface area contributed by atoms with Crippen molar-refractivity contribution in [2.24, 2.45) is 7.05 Å². The van der Waals surface area contributed by atoms with Gasteiger partial charge in [-0.2, -0.15) is 18.3 Å². The number of aryl methyl sites for hydroxylation is 2. The number of halogens is 3. The van der Waals surface area contributed by atoms with E-state index >= 15 is 0 Å². The second-order valence-electron chi connectivity index (χ2n) is 2.50. The van der Waals surface area contributed by atoms with Gasteiger partial charge in [-0.15, -0.1) is 0 Å². The molecule has 0 atom stereocenters. The minimum Gasteiger partial charge on any atom is -0.272 e. The van der Waals surface area contributed by atoms with Crippen LogP contribution in [0.3, 0.4) is 0 Å². The Bertz CT molecular complexity index is 276. The summed E-state index contributed by atoms with van der Waals surface area (Å²) in [5, 5.41) is 3.34. The van der Waals surface area contributed by atoms with Crippen LogP contribution in [0.5, 0.6) is 0 Å². The lowest BCUT2D eigenvalue weighted by Gasteiger charge is -1.99. The van der Waals surface area contributed by atoms with E-state index in [0.29, 0.717) is 12.1 Å². The first-order valence-corrected chi connectivity index (χ1v) is 4.55. The molecule has 0 aliphatic carbocycles. The van der Waals surface area contributed by atoms with E-state index in [0.717, 1.165) is 6.07 Å². The van der Waals surface area contributed by atoms with Gasteiger partial charge in [0, 0.05) is 12.7 Å². The molecule has 0 unspecified atom stereocenters. The van der Waals surface area contributed by atoms with E-state index in [9.17, 15) is 13.2 Å². The fourth-order valence-electron chi connectivity index (χ4n) is 0.975. The van der Waals surface area contributed by atoms with Gasteiger partial charge >= 0.3 is 6.18 Å². The Hall–Kier alpha value is -1.00. The van der Waals surface area contributed by atoms with Crippen molar-refractivity contribution in [3.8, 4) is 0 Å². The van der Waals surface area contributed by atoms with Crippen LogP contribution in [0.25, 0.3) is 0 Å². The third kappa shape index (κ3) is 3.05. The average Bonchev–Trinajstić information content (AvgIpc) is 2.49. The molecule has 0 bridgehead atoms. The largest absolute Gasteiger partial charge is 0.435 e. The molecule has 0 saturated carbocycles. The molecule has 0 saturated heterocycles. The van der Waals surface area contributed by atoms with Gasteiger partial charge in [-0.1, -0.05) is 20.8 Å². The van der Waals surface area contributed by atoms with Gasteiger partial charge in [-0.05, 0) is 12.5 Å². The lowest BCUT2D eigenvalue weighted by atomic mass is 10.3. The molecule has 0 amide bonds. The van der Waals surface area contributed by atoms with E-state index in [-0.39, 0.29) is 0 Å². The lowest BCUT2D eigenvalue weighted by Crippen LogP contribution is -2.06. The number of hydrogen-bond acceptors (Lipinski definition) is 1. The van der Waals surface area contributed by atoms with E-state index in [1.54, 1.807) is 6.92 Å². The van der Waals surface area contributed by atoms with Crippen molar-refractivity contribution in [2.45, 2.75) is 33.4 Å². The summed E-state index contributed by atoms with van der Waals surface area (Å²) in [5.74, 6) is 0. The zero-order valence-electron chi connectivity index (χ0n) is 8.81. The van der Waals surface area contributed by atoms with Gasteiger partial charge in [0.15, 0.2) is 5.69 Å². The third-order valence-electron chi connectivity index (χ3n) is 1.63. The summed E-state index contributed by atoms with van der Waals surface area (Å²) in [7, 11) is 1.51. The van der Waals surface area contributed by atoms with Crippen LogP contribution < -0.4 is 0 Å². The lowest BCUT2D eigenvalue weighted by molar-refractivity contribution is -0.141. The summed E-state index contributed by atoms with van der Waals surface area (Å²) in [5.41, 5.74) is -0.232. The molecule has 1 aromatic rings. The minimum absolute atomic E-state index is 0.555. The first kappa shape index (κ1) is 13.0. The van der Waals surface area contributed by atoms with Gasteiger partial charge in [-0.3, -0.25) is 4.68 Å². The highest BCUT2D eigenvalue weighted by Crippen LogP contribution is 2.28. The molecule has 1 rings (SSSR count). The Kier molecular flexibility index (Phi) is 4.67. The predicted octanol–water partition coefficient (Wildman–Crippen LogP) is 3.03. The van der Waals surface area contributed by atoms with E-state index in [1.165, 1.54) is 11.7 Å². The zero-order valence-corrected chi connectivity index (χ0v) is 8.81. The second-order valence-corrected chi connectivity index (χ2v) is 2.50. The Morgan fingerprint density at radius 2 is 1.86 bits per heavy atom. The van der Waals surface area contributed by atoms with Gasteiger partial charge < -0.3 is 0 Å². The minimum atomic E-state index is -4.33. The number of hydrogen-bond donors (Lipinski definition) is 0. The highest BCUT2D eigenvalue weighted by molar-refractivity contribution is 5.12. The standard InChI is InChI=1S/C7H9F3N2.C2H6/c1-3-5-4-6(7(8,9)10)11-12(5)2;1-2/h4H,3H2,1-2H3;1-2H3. The van der Waals surface area contributed by atoms with Gasteiger partial charge in [0.05, 0.1) is 0 Å². The summed E-state index contributed by atoms with van der Waals surface area (Å²) in [6.45, 7) is 5.79. The molecule has 2 nitrogen and oxygen atoms in total. The second kappa shape index (κ2) is 5.02. The van der Waals surface area contributed by atoms with Gasteiger partial charge in [0.1, 0.15) is 0 Å². The molecule has 1 aromatic heterocycles. The SMILES string of the molecule is CC.CCc1cc(C(F)(F)F)nn1C. The van der Waals surface area contributed by atoms with Crippen LogP contribution in [0, 0.1) is 0 Å². The maximum absolute atomic E-state index is 12.0. The van der Waals surface area contributed by atoms with E-state index in [4.69, 9.17) is 0 Å². The molecule has 5 heteroatoms. The van der Waals surface area contributed by atoms with E-state index in [1.807, 2.05) is 13.8 Å². The number of alkyl halides is 3. The first-order valence-electron chi connectivity index (χ1n) is 4.55. The molecular weight excluding hydrogens is 193 g/mol. The Morgan fingerprint density at radius 3 is 2.07 bits per heavy atom. The monoisotopic (exact) mass is 208 g/mol. The van der Waals surface area contributed by atoms with Gasteiger partial charge in [-0.25, -0.2) is 0 Å². The van der Waals surface area contributed by atoms with Crippen LogP contribution in [0.4, 0.5) is 13.2 Å². The summed E-state index contributed by atoms with van der Waals surface area (Å²) in [4.78, 5) is 0. The average molecular weight is 208 g/mol. The molecule has 0 radical (unpaired) electrons. The topological polar surface area (TPSA) is 17.8 Å². The number of aromatic nitrogens is 2. The zero-order chi connectivity index (χ0) is 11.4. The van der Waals surface area contributed by atoms with Crippen molar-refractivity contribution in [3.63, 3.8) is 0 Å². The molecule has 0 aliphatic rings. The Labute approximate surface area is 81.7 Å². The highest BCUT2D eigenvalue weighted by atomic mass is 19.4. The number of nitrogens with zero attached hydrogens (tertiary/aromatic N) is 2. The molecule has 14 heavy (non-hydrogen) atoms. The van der Waals surface area contributed by atoms with Crippen LogP contribution in [0.15, 0.2) is 6.07 Å². The van der Waals surface area contributed by atoms with Crippen LogP contribution in [0.1, 0.15) is 32.2 Å². The van der Waals surface area contributed by atoms with Crippen LogP contribution in [-0.4, -0.2) is 9.78 Å². The molecule has 0 aliphatic heterocycles. The normalized spacial score (nSPS) is 10.8. The van der Waals surface area contributed by atoms with E-state index in [2.05, 4.69) is 5.10 Å². The van der Waals surface area contributed by atoms with Gasteiger partial charge in [0.25, 0.3) is 0 Å². The molecule has 0 N–H and O–H groups in total. The van der Waals surface area contributed by atoms with Crippen LogP contribution in [0.2, 0.25) is 0 Å². The van der Waals surface area contributed by atoms with Crippen molar-refractivity contribution < 1.29 is 13.2 Å². The first-order chi connectivity index (χ1) is 6.45. The summed E-state index contributed by atoms with van der Waals surface area (Å²) < 4.78 is 37.4. The highest BCUT2D eigenvalue weighted by Gasteiger charge is 2.34. The molecule has 1 heterocycles.